The number of esters is 1. The van der Waals surface area contributed by atoms with Gasteiger partial charge < -0.3 is 4.74 Å². The summed E-state index contributed by atoms with van der Waals surface area (Å²) >= 11 is 0. The Balaban J connectivity index is 2.99. The minimum absolute atomic E-state index is 0.195. The van der Waals surface area contributed by atoms with Crippen LogP contribution in [0.4, 0.5) is 13.2 Å². The molecule has 0 aliphatic heterocycles. The van der Waals surface area contributed by atoms with E-state index in [2.05, 4.69) is 9.72 Å². The molecule has 15 heavy (non-hydrogen) atoms. The van der Waals surface area contributed by atoms with Gasteiger partial charge in [-0.25, -0.2) is 13.2 Å². The van der Waals surface area contributed by atoms with E-state index in [1.165, 1.54) is 0 Å². The summed E-state index contributed by atoms with van der Waals surface area (Å²) in [5.74, 6) is -1.81. The normalized spacial score (nSPS) is 10.5. The molecule has 0 bridgehead atoms. The maximum atomic E-state index is 13.3. The summed E-state index contributed by atoms with van der Waals surface area (Å²) in [5.41, 5.74) is -1.00. The first kappa shape index (κ1) is 11.5. The highest BCUT2D eigenvalue weighted by molar-refractivity contribution is 5.72. The molecule has 6 heteroatoms. The molecular weight excluding hydrogens is 211 g/mol. The molecule has 0 saturated carbocycles. The maximum absolute atomic E-state index is 13.3. The van der Waals surface area contributed by atoms with Gasteiger partial charge >= 0.3 is 5.97 Å². The van der Waals surface area contributed by atoms with Crippen LogP contribution in [0.3, 0.4) is 0 Å². The Morgan fingerprint density at radius 3 is 2.73 bits per heavy atom. The van der Waals surface area contributed by atoms with Crippen LogP contribution >= 0.6 is 0 Å². The number of aromatic nitrogens is 1. The van der Waals surface area contributed by atoms with Gasteiger partial charge in [-0.1, -0.05) is 0 Å². The predicted octanol–water partition coefficient (Wildman–Crippen LogP) is 1.87. The Kier molecular flexibility index (Phi) is 3.65. The number of nitrogens with zero attached hydrogens (tertiary/aromatic N) is 1. The first-order chi connectivity index (χ1) is 7.06. The Morgan fingerprint density at radius 1 is 1.53 bits per heavy atom. The van der Waals surface area contributed by atoms with Crippen molar-refractivity contribution in [1.29, 1.82) is 0 Å². The molecule has 0 unspecified atom stereocenters. The Morgan fingerprint density at radius 2 is 2.20 bits per heavy atom. The lowest BCUT2D eigenvalue weighted by atomic mass is 10.1. The zero-order valence-corrected chi connectivity index (χ0v) is 7.84. The van der Waals surface area contributed by atoms with E-state index in [9.17, 15) is 18.0 Å². The van der Waals surface area contributed by atoms with Crippen molar-refractivity contribution in [3.05, 3.63) is 29.3 Å². The number of alkyl halides is 2. The Bertz CT molecular complexity index is 368. The van der Waals surface area contributed by atoms with Crippen molar-refractivity contribution < 1.29 is 22.7 Å². The fourth-order valence-corrected chi connectivity index (χ4v) is 1.01. The molecule has 0 saturated heterocycles. The van der Waals surface area contributed by atoms with E-state index in [4.69, 9.17) is 0 Å². The number of rotatable bonds is 3. The van der Waals surface area contributed by atoms with Crippen LogP contribution in [-0.2, 0) is 16.0 Å². The van der Waals surface area contributed by atoms with Gasteiger partial charge in [-0.05, 0) is 0 Å². The topological polar surface area (TPSA) is 39.2 Å². The molecule has 0 spiro atoms. The van der Waals surface area contributed by atoms with Crippen LogP contribution in [0.25, 0.3) is 0 Å². The quantitative estimate of drug-likeness (QED) is 0.728. The molecule has 0 amide bonds. The highest BCUT2D eigenvalue weighted by Crippen LogP contribution is 2.23. The van der Waals surface area contributed by atoms with E-state index in [0.717, 1.165) is 19.5 Å². The molecule has 3 nitrogen and oxygen atoms in total. The van der Waals surface area contributed by atoms with Crippen molar-refractivity contribution in [1.82, 2.24) is 4.98 Å². The molecule has 1 aromatic heterocycles. The van der Waals surface area contributed by atoms with Crippen LogP contribution in [0.1, 0.15) is 17.6 Å². The zero-order valence-electron chi connectivity index (χ0n) is 7.84. The average molecular weight is 219 g/mol. The minimum atomic E-state index is -2.95. The zero-order chi connectivity index (χ0) is 11.4. The number of methoxy groups -OCH3 is 1. The van der Waals surface area contributed by atoms with E-state index in [1.54, 1.807) is 0 Å². The number of ether oxygens (including phenoxy) is 1. The standard InChI is InChI=1S/C9H8F3NO2/c1-15-7(14)2-5-3-13-4-6(8(5)10)9(11)12/h3-4,9H,2H2,1H3. The smallest absolute Gasteiger partial charge is 0.310 e. The SMILES string of the molecule is COC(=O)Cc1cncc(C(F)F)c1F. The summed E-state index contributed by atoms with van der Waals surface area (Å²) in [6.07, 6.45) is -1.59. The highest BCUT2D eigenvalue weighted by Gasteiger charge is 2.18. The summed E-state index contributed by atoms with van der Waals surface area (Å²) in [5, 5.41) is 0. The second-order valence-corrected chi connectivity index (χ2v) is 2.76. The average Bonchev–Trinajstić information content (AvgIpc) is 2.20. The first-order valence-corrected chi connectivity index (χ1v) is 4.03. The number of halogens is 3. The number of hydrogen-bond donors (Lipinski definition) is 0. The fourth-order valence-electron chi connectivity index (χ4n) is 1.01. The molecule has 82 valence electrons. The monoisotopic (exact) mass is 219 g/mol. The van der Waals surface area contributed by atoms with Gasteiger partial charge in [-0.15, -0.1) is 0 Å². The van der Waals surface area contributed by atoms with E-state index < -0.39 is 30.2 Å². The van der Waals surface area contributed by atoms with Crippen LogP contribution in [0, 0.1) is 5.82 Å². The van der Waals surface area contributed by atoms with Gasteiger partial charge in [0.2, 0.25) is 0 Å². The third-order valence-electron chi connectivity index (χ3n) is 1.78. The molecule has 1 rings (SSSR count). The molecule has 1 aromatic rings. The van der Waals surface area contributed by atoms with E-state index in [1.807, 2.05) is 0 Å². The van der Waals surface area contributed by atoms with E-state index in [0.29, 0.717) is 0 Å². The summed E-state index contributed by atoms with van der Waals surface area (Å²) in [6, 6.07) is 0. The van der Waals surface area contributed by atoms with Crippen molar-refractivity contribution >= 4 is 5.97 Å². The van der Waals surface area contributed by atoms with Gasteiger partial charge in [0.1, 0.15) is 5.82 Å². The first-order valence-electron chi connectivity index (χ1n) is 4.03. The molecule has 0 aliphatic rings. The third-order valence-corrected chi connectivity index (χ3v) is 1.78. The third kappa shape index (κ3) is 2.68. The molecule has 0 atom stereocenters. The summed E-state index contributed by atoms with van der Waals surface area (Å²) in [4.78, 5) is 14.2. The van der Waals surface area contributed by atoms with Crippen LogP contribution in [-0.4, -0.2) is 18.1 Å². The van der Waals surface area contributed by atoms with Crippen LogP contribution in [0.5, 0.6) is 0 Å². The molecule has 0 fully saturated rings. The lowest BCUT2D eigenvalue weighted by Crippen LogP contribution is -2.08. The Labute approximate surface area is 83.9 Å². The van der Waals surface area contributed by atoms with Gasteiger partial charge in [-0.2, -0.15) is 0 Å². The van der Waals surface area contributed by atoms with Crippen molar-refractivity contribution in [2.45, 2.75) is 12.8 Å². The van der Waals surface area contributed by atoms with Gasteiger partial charge in [0.15, 0.2) is 0 Å². The summed E-state index contributed by atoms with van der Waals surface area (Å²) < 4.78 is 42.0. The molecule has 1 heterocycles. The molecule has 0 radical (unpaired) electrons. The number of hydrogen-bond acceptors (Lipinski definition) is 3. The van der Waals surface area contributed by atoms with Gasteiger partial charge in [0.25, 0.3) is 6.43 Å². The molecule has 0 N–H and O–H groups in total. The fraction of sp³-hybridized carbons (Fsp3) is 0.333. The van der Waals surface area contributed by atoms with Crippen LogP contribution < -0.4 is 0 Å². The van der Waals surface area contributed by atoms with Gasteiger partial charge in [-0.3, -0.25) is 9.78 Å². The van der Waals surface area contributed by atoms with E-state index in [-0.39, 0.29) is 5.56 Å². The Hall–Kier alpha value is -1.59. The summed E-state index contributed by atoms with van der Waals surface area (Å²) in [6.45, 7) is 0. The van der Waals surface area contributed by atoms with Crippen molar-refractivity contribution in [3.63, 3.8) is 0 Å². The molecule has 0 aliphatic carbocycles. The molecule has 0 aromatic carbocycles. The highest BCUT2D eigenvalue weighted by atomic mass is 19.3. The van der Waals surface area contributed by atoms with Crippen molar-refractivity contribution in [3.8, 4) is 0 Å². The number of pyridine rings is 1. The second kappa shape index (κ2) is 4.77. The summed E-state index contributed by atoms with van der Waals surface area (Å²) in [7, 11) is 1.13. The number of carbonyl (C=O) groups excluding carboxylic acids is 1. The van der Waals surface area contributed by atoms with Crippen molar-refractivity contribution in [2.75, 3.05) is 7.11 Å². The van der Waals surface area contributed by atoms with Crippen LogP contribution in [0.15, 0.2) is 12.4 Å². The lowest BCUT2D eigenvalue weighted by molar-refractivity contribution is -0.139. The minimum Gasteiger partial charge on any atom is -0.469 e. The second-order valence-electron chi connectivity index (χ2n) is 2.76. The van der Waals surface area contributed by atoms with Gasteiger partial charge in [0, 0.05) is 18.0 Å². The van der Waals surface area contributed by atoms with Gasteiger partial charge in [0.05, 0.1) is 19.1 Å². The number of carbonyl (C=O) groups is 1. The van der Waals surface area contributed by atoms with Crippen molar-refractivity contribution in [2.24, 2.45) is 0 Å². The predicted molar refractivity (Wildman–Crippen MR) is 44.9 cm³/mol. The van der Waals surface area contributed by atoms with Crippen LogP contribution in [0.2, 0.25) is 0 Å². The van der Waals surface area contributed by atoms with E-state index >= 15 is 0 Å². The lowest BCUT2D eigenvalue weighted by Gasteiger charge is -2.05. The largest absolute Gasteiger partial charge is 0.469 e. The molecular formula is C9H8F3NO2. The maximum Gasteiger partial charge on any atom is 0.310 e.